The zero-order valence-corrected chi connectivity index (χ0v) is 15.2. The Morgan fingerprint density at radius 3 is 2.35 bits per heavy atom. The Bertz CT molecular complexity index is 739. The van der Waals surface area contributed by atoms with Crippen LogP contribution < -0.4 is 11.1 Å². The van der Waals surface area contributed by atoms with E-state index < -0.39 is 29.3 Å². The van der Waals surface area contributed by atoms with Gasteiger partial charge in [-0.25, -0.2) is 8.78 Å². The van der Waals surface area contributed by atoms with Gasteiger partial charge in [-0.05, 0) is 24.6 Å². The molecule has 2 aromatic carbocycles. The Balaban J connectivity index is 0.00000243. The van der Waals surface area contributed by atoms with Crippen LogP contribution in [0.25, 0.3) is 0 Å². The average molecular weight is 382 g/mol. The van der Waals surface area contributed by atoms with E-state index in [1.54, 1.807) is 6.92 Å². The van der Waals surface area contributed by atoms with E-state index in [2.05, 4.69) is 5.32 Å². The zero-order chi connectivity index (χ0) is 18.0. The fourth-order valence-corrected chi connectivity index (χ4v) is 3.24. The molecule has 1 aliphatic rings. The summed E-state index contributed by atoms with van der Waals surface area (Å²) in [4.78, 5) is 14.4. The molecule has 1 fully saturated rings. The van der Waals surface area contributed by atoms with Gasteiger partial charge in [-0.2, -0.15) is 0 Å². The van der Waals surface area contributed by atoms with Gasteiger partial charge in [0, 0.05) is 25.0 Å². The normalized spacial score (nSPS) is 21.1. The first-order valence-corrected chi connectivity index (χ1v) is 8.27. The van der Waals surface area contributed by atoms with Crippen molar-refractivity contribution >= 4 is 24.0 Å². The van der Waals surface area contributed by atoms with E-state index in [-0.39, 0.29) is 24.4 Å². The van der Waals surface area contributed by atoms with Crippen LogP contribution >= 0.6 is 12.4 Å². The molecule has 1 unspecified atom stereocenters. The van der Waals surface area contributed by atoms with Gasteiger partial charge in [0.2, 0.25) is 5.91 Å². The molecule has 0 bridgehead atoms. The van der Waals surface area contributed by atoms with Gasteiger partial charge < -0.3 is 11.1 Å². The fourth-order valence-electron chi connectivity index (χ4n) is 3.24. The lowest BCUT2D eigenvalue weighted by molar-refractivity contribution is -0.120. The lowest BCUT2D eigenvalue weighted by Gasteiger charge is -2.23. The van der Waals surface area contributed by atoms with Gasteiger partial charge in [-0.1, -0.05) is 36.4 Å². The molecule has 1 heterocycles. The van der Waals surface area contributed by atoms with Gasteiger partial charge in [0.25, 0.3) is 0 Å². The van der Waals surface area contributed by atoms with E-state index in [4.69, 9.17) is 5.73 Å². The lowest BCUT2D eigenvalue weighted by atomic mass is 9.95. The summed E-state index contributed by atoms with van der Waals surface area (Å²) < 4.78 is 27.4. The highest BCUT2D eigenvalue weighted by Crippen LogP contribution is 2.28. The van der Waals surface area contributed by atoms with Crippen molar-refractivity contribution < 1.29 is 13.6 Å². The number of benzene rings is 2. The molecular formula is C19H22ClF2N3O. The SMILES string of the molecule is CC(C(=O)Nc1c(F)cccc1F)N1C[C@@H](N)[C@H](c2ccccc2)C1.Cl. The number of carbonyl (C=O) groups is 1. The van der Waals surface area contributed by atoms with Crippen molar-refractivity contribution in [1.29, 1.82) is 0 Å². The number of para-hydroxylation sites is 1. The lowest BCUT2D eigenvalue weighted by Crippen LogP contribution is -2.42. The minimum absolute atomic E-state index is 0. The maximum absolute atomic E-state index is 13.7. The highest BCUT2D eigenvalue weighted by Gasteiger charge is 2.36. The van der Waals surface area contributed by atoms with Crippen molar-refractivity contribution in [2.75, 3.05) is 18.4 Å². The number of carbonyl (C=O) groups excluding carboxylic acids is 1. The van der Waals surface area contributed by atoms with Gasteiger partial charge in [0.05, 0.1) is 6.04 Å². The quantitative estimate of drug-likeness (QED) is 0.855. The number of likely N-dealkylation sites (tertiary alicyclic amines) is 1. The molecule has 7 heteroatoms. The van der Waals surface area contributed by atoms with E-state index in [0.29, 0.717) is 13.1 Å². The average Bonchev–Trinajstić information content (AvgIpc) is 3.00. The van der Waals surface area contributed by atoms with E-state index in [1.807, 2.05) is 35.2 Å². The number of nitrogens with two attached hydrogens (primary N) is 1. The Morgan fingerprint density at radius 1 is 1.12 bits per heavy atom. The first kappa shape index (κ1) is 20.3. The van der Waals surface area contributed by atoms with Crippen molar-refractivity contribution in [1.82, 2.24) is 4.90 Å². The molecule has 0 aromatic heterocycles. The van der Waals surface area contributed by atoms with Crippen LogP contribution in [0, 0.1) is 11.6 Å². The third-order valence-corrected chi connectivity index (χ3v) is 4.76. The molecule has 26 heavy (non-hydrogen) atoms. The third kappa shape index (κ3) is 4.20. The molecule has 1 saturated heterocycles. The number of halogens is 3. The number of anilines is 1. The predicted octanol–water partition coefficient (Wildman–Crippen LogP) is 3.14. The summed E-state index contributed by atoms with van der Waals surface area (Å²) >= 11 is 0. The summed E-state index contributed by atoms with van der Waals surface area (Å²) in [5.74, 6) is -1.91. The van der Waals surface area contributed by atoms with E-state index in [9.17, 15) is 13.6 Å². The molecule has 1 aliphatic heterocycles. The topological polar surface area (TPSA) is 58.4 Å². The van der Waals surface area contributed by atoms with Crippen LogP contribution in [0.5, 0.6) is 0 Å². The molecule has 4 nitrogen and oxygen atoms in total. The van der Waals surface area contributed by atoms with Crippen molar-refractivity contribution in [2.24, 2.45) is 5.73 Å². The first-order chi connectivity index (χ1) is 12.0. The summed E-state index contributed by atoms with van der Waals surface area (Å²) in [7, 11) is 0. The highest BCUT2D eigenvalue weighted by atomic mass is 35.5. The molecule has 3 rings (SSSR count). The van der Waals surface area contributed by atoms with Crippen LogP contribution in [-0.4, -0.2) is 36.0 Å². The van der Waals surface area contributed by atoms with Crippen molar-refractivity contribution in [2.45, 2.75) is 24.9 Å². The van der Waals surface area contributed by atoms with Crippen LogP contribution in [0.2, 0.25) is 0 Å². The number of hydrogen-bond donors (Lipinski definition) is 2. The number of nitrogens with one attached hydrogen (secondary N) is 1. The summed E-state index contributed by atoms with van der Waals surface area (Å²) in [5.41, 5.74) is 6.96. The Labute approximate surface area is 157 Å². The van der Waals surface area contributed by atoms with Crippen LogP contribution in [0.1, 0.15) is 18.4 Å². The second-order valence-corrected chi connectivity index (χ2v) is 6.40. The van der Waals surface area contributed by atoms with Crippen LogP contribution in [0.4, 0.5) is 14.5 Å². The van der Waals surface area contributed by atoms with Gasteiger partial charge in [-0.15, -0.1) is 12.4 Å². The van der Waals surface area contributed by atoms with Crippen molar-refractivity contribution in [3.63, 3.8) is 0 Å². The standard InChI is InChI=1S/C19H21F2N3O.ClH/c1-12(19(25)23-18-15(20)8-5-9-16(18)21)24-10-14(17(22)11-24)13-6-3-2-4-7-13;/h2-9,12,14,17H,10-11,22H2,1H3,(H,23,25);1H/t12?,14-,17+;/m0./s1. The molecule has 0 aliphatic carbocycles. The smallest absolute Gasteiger partial charge is 0.241 e. The van der Waals surface area contributed by atoms with E-state index in [1.165, 1.54) is 6.07 Å². The maximum atomic E-state index is 13.7. The molecule has 0 radical (unpaired) electrons. The molecule has 140 valence electrons. The molecule has 1 amide bonds. The number of rotatable bonds is 4. The molecule has 2 aromatic rings. The van der Waals surface area contributed by atoms with E-state index >= 15 is 0 Å². The number of hydrogen-bond acceptors (Lipinski definition) is 3. The van der Waals surface area contributed by atoms with E-state index in [0.717, 1.165) is 17.7 Å². The van der Waals surface area contributed by atoms with Crippen LogP contribution in [0.3, 0.4) is 0 Å². The molecule has 3 N–H and O–H groups in total. The second-order valence-electron chi connectivity index (χ2n) is 6.40. The number of amides is 1. The molecule has 0 saturated carbocycles. The molecule has 3 atom stereocenters. The predicted molar refractivity (Wildman–Crippen MR) is 100 cm³/mol. The maximum Gasteiger partial charge on any atom is 0.241 e. The minimum atomic E-state index is -0.791. The monoisotopic (exact) mass is 381 g/mol. The van der Waals surface area contributed by atoms with Gasteiger partial charge in [0.15, 0.2) is 0 Å². The minimum Gasteiger partial charge on any atom is -0.326 e. The molecular weight excluding hydrogens is 360 g/mol. The summed E-state index contributed by atoms with van der Waals surface area (Å²) in [6.07, 6.45) is 0. The Morgan fingerprint density at radius 2 is 1.73 bits per heavy atom. The van der Waals surface area contributed by atoms with Gasteiger partial charge >= 0.3 is 0 Å². The number of nitrogens with zero attached hydrogens (tertiary/aromatic N) is 1. The van der Waals surface area contributed by atoms with Crippen molar-refractivity contribution in [3.05, 3.63) is 65.7 Å². The highest BCUT2D eigenvalue weighted by molar-refractivity contribution is 5.94. The largest absolute Gasteiger partial charge is 0.326 e. The third-order valence-electron chi connectivity index (χ3n) is 4.76. The van der Waals surface area contributed by atoms with Gasteiger partial charge in [-0.3, -0.25) is 9.69 Å². The van der Waals surface area contributed by atoms with Crippen LogP contribution in [-0.2, 0) is 4.79 Å². The second kappa shape index (κ2) is 8.58. The Kier molecular flexibility index (Phi) is 6.69. The van der Waals surface area contributed by atoms with Gasteiger partial charge in [0.1, 0.15) is 17.3 Å². The van der Waals surface area contributed by atoms with Crippen molar-refractivity contribution in [3.8, 4) is 0 Å². The van der Waals surface area contributed by atoms with Crippen LogP contribution in [0.15, 0.2) is 48.5 Å². The fraction of sp³-hybridized carbons (Fsp3) is 0.316. The first-order valence-electron chi connectivity index (χ1n) is 8.27. The Hall–Kier alpha value is -2.02. The summed E-state index contributed by atoms with van der Waals surface area (Å²) in [6.45, 7) is 2.89. The zero-order valence-electron chi connectivity index (χ0n) is 14.4. The summed E-state index contributed by atoms with van der Waals surface area (Å²) in [6, 6.07) is 12.8. The molecule has 0 spiro atoms. The summed E-state index contributed by atoms with van der Waals surface area (Å²) in [5, 5.41) is 2.35.